The Labute approximate surface area is 94.5 Å². The van der Waals surface area contributed by atoms with Crippen molar-refractivity contribution >= 4 is 37.7 Å². The van der Waals surface area contributed by atoms with Gasteiger partial charge in [0.2, 0.25) is 10.0 Å². The average Bonchev–Trinajstić information content (AvgIpc) is 2.06. The van der Waals surface area contributed by atoms with Crippen LogP contribution in [0.2, 0.25) is 0 Å². The zero-order chi connectivity index (χ0) is 11.5. The third-order valence-electron chi connectivity index (χ3n) is 1.30. The van der Waals surface area contributed by atoms with Gasteiger partial charge in [0.25, 0.3) is 0 Å². The van der Waals surface area contributed by atoms with E-state index >= 15 is 0 Å². The van der Waals surface area contributed by atoms with Gasteiger partial charge in [-0.2, -0.15) is 0 Å². The standard InChI is InChI=1S/C7H7BrN2O4S/c8-5-1-2-6(9-3-5)10-15(13,14)4-7(11)12/h1-3H,4H2,(H,9,10)(H,11,12). The van der Waals surface area contributed by atoms with Gasteiger partial charge in [0.05, 0.1) is 0 Å². The number of rotatable bonds is 4. The molecule has 0 aliphatic heterocycles. The summed E-state index contributed by atoms with van der Waals surface area (Å²) in [5.41, 5.74) is 0. The molecule has 0 aliphatic rings. The van der Waals surface area contributed by atoms with Gasteiger partial charge in [0.1, 0.15) is 5.82 Å². The SMILES string of the molecule is O=C(O)CS(=O)(=O)Nc1ccc(Br)cn1. The summed E-state index contributed by atoms with van der Waals surface area (Å²) in [7, 11) is -3.87. The first-order valence-corrected chi connectivity index (χ1v) is 6.17. The fourth-order valence-corrected chi connectivity index (χ4v) is 1.87. The number of carboxylic acid groups (broad SMARTS) is 1. The summed E-state index contributed by atoms with van der Waals surface area (Å²) in [6.07, 6.45) is 1.40. The monoisotopic (exact) mass is 294 g/mol. The van der Waals surface area contributed by atoms with Crippen LogP contribution in [0.15, 0.2) is 22.8 Å². The lowest BCUT2D eigenvalue weighted by atomic mass is 10.5. The Balaban J connectivity index is 2.78. The third-order valence-corrected chi connectivity index (χ3v) is 2.92. The number of nitrogens with zero attached hydrogens (tertiary/aromatic N) is 1. The number of aromatic nitrogens is 1. The van der Waals surface area contributed by atoms with Crippen molar-refractivity contribution in [3.8, 4) is 0 Å². The molecule has 0 unspecified atom stereocenters. The number of hydrogen-bond acceptors (Lipinski definition) is 4. The maximum Gasteiger partial charge on any atom is 0.320 e. The first-order chi connectivity index (χ1) is 6.89. The fourth-order valence-electron chi connectivity index (χ4n) is 0.794. The molecular formula is C7H7BrN2O4S. The van der Waals surface area contributed by atoms with Crippen LogP contribution >= 0.6 is 15.9 Å². The highest BCUT2D eigenvalue weighted by molar-refractivity contribution is 9.10. The van der Waals surface area contributed by atoms with E-state index in [1.807, 2.05) is 4.72 Å². The van der Waals surface area contributed by atoms with Gasteiger partial charge in [0.15, 0.2) is 5.75 Å². The second-order valence-corrected chi connectivity index (χ2v) is 5.25. The molecule has 0 spiro atoms. The van der Waals surface area contributed by atoms with Crippen molar-refractivity contribution in [3.05, 3.63) is 22.8 Å². The van der Waals surface area contributed by atoms with Crippen molar-refractivity contribution in [2.45, 2.75) is 0 Å². The molecule has 0 amide bonds. The summed E-state index contributed by atoms with van der Waals surface area (Å²) in [4.78, 5) is 14.0. The van der Waals surface area contributed by atoms with Gasteiger partial charge < -0.3 is 5.11 Å². The highest BCUT2D eigenvalue weighted by atomic mass is 79.9. The minimum atomic E-state index is -3.87. The van der Waals surface area contributed by atoms with Crippen LogP contribution in [0, 0.1) is 0 Å². The van der Waals surface area contributed by atoms with Crippen molar-refractivity contribution in [2.75, 3.05) is 10.5 Å². The molecule has 0 saturated heterocycles. The van der Waals surface area contributed by atoms with Crippen molar-refractivity contribution < 1.29 is 18.3 Å². The molecule has 0 fully saturated rings. The Morgan fingerprint density at radius 1 is 1.53 bits per heavy atom. The van der Waals surface area contributed by atoms with Crippen LogP contribution in [0.5, 0.6) is 0 Å². The van der Waals surface area contributed by atoms with Crippen molar-refractivity contribution in [1.29, 1.82) is 0 Å². The van der Waals surface area contributed by atoms with E-state index in [2.05, 4.69) is 20.9 Å². The molecule has 2 N–H and O–H groups in total. The van der Waals surface area contributed by atoms with Crippen LogP contribution in [-0.2, 0) is 14.8 Å². The Hall–Kier alpha value is -1.15. The van der Waals surface area contributed by atoms with Crippen LogP contribution < -0.4 is 4.72 Å². The normalized spacial score (nSPS) is 11.0. The number of carbonyl (C=O) groups is 1. The molecule has 0 radical (unpaired) electrons. The lowest BCUT2D eigenvalue weighted by Crippen LogP contribution is -2.22. The molecule has 0 atom stereocenters. The molecule has 15 heavy (non-hydrogen) atoms. The van der Waals surface area contributed by atoms with E-state index in [4.69, 9.17) is 5.11 Å². The van der Waals surface area contributed by atoms with Crippen molar-refractivity contribution in [2.24, 2.45) is 0 Å². The molecule has 1 aromatic heterocycles. The minimum absolute atomic E-state index is 0.0828. The molecule has 1 rings (SSSR count). The smallest absolute Gasteiger partial charge is 0.320 e. The second-order valence-electron chi connectivity index (χ2n) is 2.62. The first kappa shape index (κ1) is 11.9. The van der Waals surface area contributed by atoms with Gasteiger partial charge in [0, 0.05) is 10.7 Å². The predicted molar refractivity (Wildman–Crippen MR) is 57.0 cm³/mol. The fraction of sp³-hybridized carbons (Fsp3) is 0.143. The van der Waals surface area contributed by atoms with Crippen LogP contribution in [0.25, 0.3) is 0 Å². The number of anilines is 1. The molecule has 0 bridgehead atoms. The topological polar surface area (TPSA) is 96.4 Å². The number of nitrogens with one attached hydrogen (secondary N) is 1. The first-order valence-electron chi connectivity index (χ1n) is 3.73. The molecule has 8 heteroatoms. The van der Waals surface area contributed by atoms with Crippen LogP contribution in [0.3, 0.4) is 0 Å². The largest absolute Gasteiger partial charge is 0.480 e. The maximum absolute atomic E-state index is 11.2. The predicted octanol–water partition coefficient (Wildman–Crippen LogP) is 0.670. The Bertz CT molecular complexity index is 456. The number of sulfonamides is 1. The number of halogens is 1. The van der Waals surface area contributed by atoms with Crippen molar-refractivity contribution in [3.63, 3.8) is 0 Å². The lowest BCUT2D eigenvalue weighted by molar-refractivity contribution is -0.134. The van der Waals surface area contributed by atoms with Crippen LogP contribution in [0.4, 0.5) is 5.82 Å². The summed E-state index contributed by atoms with van der Waals surface area (Å²) in [6.45, 7) is 0. The number of carboxylic acids is 1. The quantitative estimate of drug-likeness (QED) is 0.851. The summed E-state index contributed by atoms with van der Waals surface area (Å²) in [5, 5.41) is 8.32. The zero-order valence-electron chi connectivity index (χ0n) is 7.34. The third kappa shape index (κ3) is 4.26. The second kappa shape index (κ2) is 4.58. The van der Waals surface area contributed by atoms with E-state index < -0.39 is 21.7 Å². The van der Waals surface area contributed by atoms with Gasteiger partial charge in [-0.3, -0.25) is 9.52 Å². The van der Waals surface area contributed by atoms with Gasteiger partial charge in [-0.15, -0.1) is 0 Å². The molecule has 0 aromatic carbocycles. The molecule has 0 aliphatic carbocycles. The summed E-state index contributed by atoms with van der Waals surface area (Å²) in [5.74, 6) is -2.32. The number of pyridine rings is 1. The van der Waals surface area contributed by atoms with Crippen LogP contribution in [0.1, 0.15) is 0 Å². The van der Waals surface area contributed by atoms with Gasteiger partial charge in [-0.1, -0.05) is 0 Å². The zero-order valence-corrected chi connectivity index (χ0v) is 9.75. The highest BCUT2D eigenvalue weighted by Crippen LogP contribution is 2.11. The average molecular weight is 295 g/mol. The Morgan fingerprint density at radius 3 is 2.67 bits per heavy atom. The lowest BCUT2D eigenvalue weighted by Gasteiger charge is -2.04. The molecule has 1 aromatic rings. The number of aliphatic carboxylic acids is 1. The van der Waals surface area contributed by atoms with E-state index in [9.17, 15) is 13.2 Å². The van der Waals surface area contributed by atoms with Crippen LogP contribution in [-0.4, -0.2) is 30.2 Å². The summed E-state index contributed by atoms with van der Waals surface area (Å²) >= 11 is 3.13. The summed E-state index contributed by atoms with van der Waals surface area (Å²) < 4.78 is 25.0. The van der Waals surface area contributed by atoms with Gasteiger partial charge in [-0.25, -0.2) is 13.4 Å². The molecule has 1 heterocycles. The van der Waals surface area contributed by atoms with Gasteiger partial charge >= 0.3 is 5.97 Å². The highest BCUT2D eigenvalue weighted by Gasteiger charge is 2.15. The molecular weight excluding hydrogens is 288 g/mol. The van der Waals surface area contributed by atoms with E-state index in [0.29, 0.717) is 4.47 Å². The van der Waals surface area contributed by atoms with E-state index in [1.54, 1.807) is 6.07 Å². The van der Waals surface area contributed by atoms with E-state index in [0.717, 1.165) is 0 Å². The molecule has 6 nitrogen and oxygen atoms in total. The van der Waals surface area contributed by atoms with Gasteiger partial charge in [-0.05, 0) is 28.1 Å². The molecule has 0 saturated carbocycles. The number of hydrogen-bond donors (Lipinski definition) is 2. The maximum atomic E-state index is 11.2. The van der Waals surface area contributed by atoms with Crippen molar-refractivity contribution in [1.82, 2.24) is 4.98 Å². The minimum Gasteiger partial charge on any atom is -0.480 e. The summed E-state index contributed by atoms with van der Waals surface area (Å²) in [6, 6.07) is 3.01. The van der Waals surface area contributed by atoms with E-state index in [-0.39, 0.29) is 5.82 Å². The Morgan fingerprint density at radius 2 is 2.20 bits per heavy atom. The van der Waals surface area contributed by atoms with E-state index in [1.165, 1.54) is 12.3 Å². The molecule has 82 valence electrons. The Kier molecular flexibility index (Phi) is 3.64.